The summed E-state index contributed by atoms with van der Waals surface area (Å²) in [6, 6.07) is -0.613. The Morgan fingerprint density at radius 1 is 0.534 bits per heavy atom. The molecule has 0 rings (SSSR count). The summed E-state index contributed by atoms with van der Waals surface area (Å²) in [5.74, 6) is -1.46. The molecule has 0 heterocycles. The van der Waals surface area contributed by atoms with Crippen molar-refractivity contribution in [2.45, 2.75) is 225 Å². The van der Waals surface area contributed by atoms with Gasteiger partial charge in [0, 0.05) is 19.3 Å². The number of unbranched alkanes of at least 4 members (excludes halogenated alkanes) is 23. The highest BCUT2D eigenvalue weighted by atomic mass is 16.6. The quantitative estimate of drug-likeness (QED) is 0.0283. The minimum absolute atomic E-state index is 0.0490. The number of hydrogen-bond acceptors (Lipinski definition) is 6. The van der Waals surface area contributed by atoms with Crippen LogP contribution in [-0.4, -0.2) is 80.6 Å². The van der Waals surface area contributed by atoms with E-state index in [-0.39, 0.29) is 36.2 Å². The van der Waals surface area contributed by atoms with Crippen molar-refractivity contribution < 1.29 is 38.2 Å². The molecule has 0 saturated heterocycles. The van der Waals surface area contributed by atoms with Crippen LogP contribution < -0.4 is 0 Å². The number of allylic oxidation sites excluding steroid dienone is 6. The lowest BCUT2D eigenvalue weighted by atomic mass is 10.0. The van der Waals surface area contributed by atoms with Crippen LogP contribution in [0, 0.1) is 0 Å². The topological polar surface area (TPSA) is 99.1 Å². The van der Waals surface area contributed by atoms with Crippen LogP contribution in [0.5, 0.6) is 0 Å². The Hall–Kier alpha value is -2.45. The Morgan fingerprint density at radius 2 is 0.966 bits per heavy atom. The van der Waals surface area contributed by atoms with Gasteiger partial charge in [-0.3, -0.25) is 9.59 Å². The number of esters is 2. The molecule has 8 heteroatoms. The number of rotatable bonds is 43. The molecule has 0 aliphatic rings. The van der Waals surface area contributed by atoms with Crippen molar-refractivity contribution in [1.29, 1.82) is 0 Å². The molecule has 0 aromatic rings. The highest BCUT2D eigenvalue weighted by molar-refractivity contribution is 5.72. The molecule has 0 amide bonds. The molecule has 1 N–H and O–H groups in total. The summed E-state index contributed by atoms with van der Waals surface area (Å²) < 4.78 is 17.3. The fourth-order valence-electron chi connectivity index (χ4n) is 7.11. The van der Waals surface area contributed by atoms with Gasteiger partial charge in [-0.15, -0.1) is 0 Å². The summed E-state index contributed by atoms with van der Waals surface area (Å²) in [5, 5.41) is 9.63. The first-order chi connectivity index (χ1) is 28.1. The van der Waals surface area contributed by atoms with Crippen LogP contribution in [0.3, 0.4) is 0 Å². The number of ether oxygens (including phenoxy) is 3. The van der Waals surface area contributed by atoms with Gasteiger partial charge in [-0.25, -0.2) is 4.79 Å². The number of carbonyl (C=O) groups is 3. The van der Waals surface area contributed by atoms with Crippen molar-refractivity contribution in [2.24, 2.45) is 0 Å². The lowest BCUT2D eigenvalue weighted by molar-refractivity contribution is -0.887. The lowest BCUT2D eigenvalue weighted by Crippen LogP contribution is -2.50. The van der Waals surface area contributed by atoms with Gasteiger partial charge in [-0.05, 0) is 44.9 Å². The van der Waals surface area contributed by atoms with Crippen molar-refractivity contribution in [1.82, 2.24) is 0 Å². The first kappa shape index (κ1) is 55.5. The predicted molar refractivity (Wildman–Crippen MR) is 243 cm³/mol. The van der Waals surface area contributed by atoms with Gasteiger partial charge in [0.05, 0.1) is 34.4 Å². The number of hydrogen-bond donors (Lipinski definition) is 1. The molecule has 2 atom stereocenters. The van der Waals surface area contributed by atoms with Crippen molar-refractivity contribution in [3.8, 4) is 0 Å². The Kier molecular flexibility index (Phi) is 39.5. The minimum Gasteiger partial charge on any atom is -0.477 e. The summed E-state index contributed by atoms with van der Waals surface area (Å²) in [7, 11) is 5.53. The van der Waals surface area contributed by atoms with Gasteiger partial charge in [0.25, 0.3) is 0 Å². The first-order valence-electron chi connectivity index (χ1n) is 24.0. The van der Waals surface area contributed by atoms with E-state index in [0.717, 1.165) is 57.8 Å². The largest absolute Gasteiger partial charge is 0.477 e. The van der Waals surface area contributed by atoms with Crippen LogP contribution in [0.4, 0.5) is 0 Å². The average molecular weight is 819 g/mol. The number of likely N-dealkylation sites (N-methyl/N-ethyl adjacent to an activating group) is 1. The summed E-state index contributed by atoms with van der Waals surface area (Å²) in [4.78, 5) is 37.1. The van der Waals surface area contributed by atoms with Gasteiger partial charge in [0.1, 0.15) is 6.61 Å². The number of quaternary nitrogens is 1. The zero-order valence-corrected chi connectivity index (χ0v) is 38.5. The molecule has 0 aromatic heterocycles. The summed E-state index contributed by atoms with van der Waals surface area (Å²) in [6.07, 6.45) is 47.5. The molecule has 0 aliphatic carbocycles. The normalized spacial score (nSPS) is 13.2. The molecule has 0 aliphatic heterocycles. The first-order valence-corrected chi connectivity index (χ1v) is 24.0. The van der Waals surface area contributed by atoms with E-state index in [9.17, 15) is 19.5 Å². The summed E-state index contributed by atoms with van der Waals surface area (Å²) in [6.45, 7) is 4.65. The van der Waals surface area contributed by atoms with E-state index in [1.165, 1.54) is 122 Å². The smallest absolute Gasteiger partial charge is 0.362 e. The van der Waals surface area contributed by atoms with Gasteiger partial charge < -0.3 is 23.8 Å². The highest BCUT2D eigenvalue weighted by Crippen LogP contribution is 2.16. The molecule has 338 valence electrons. The molecular weight excluding hydrogens is 727 g/mol. The monoisotopic (exact) mass is 819 g/mol. The van der Waals surface area contributed by atoms with E-state index in [2.05, 4.69) is 50.3 Å². The predicted octanol–water partition coefficient (Wildman–Crippen LogP) is 13.4. The Bertz CT molecular complexity index is 1050. The third-order valence-corrected chi connectivity index (χ3v) is 10.8. The maximum absolute atomic E-state index is 12.8. The Morgan fingerprint density at radius 3 is 1.43 bits per heavy atom. The third kappa shape index (κ3) is 39.0. The second-order valence-electron chi connectivity index (χ2n) is 17.3. The molecule has 0 spiro atoms. The van der Waals surface area contributed by atoms with Crippen LogP contribution >= 0.6 is 0 Å². The van der Waals surface area contributed by atoms with E-state index < -0.39 is 18.1 Å². The number of nitrogens with zero attached hydrogens (tertiary/aromatic N) is 1. The molecule has 0 saturated carbocycles. The molecule has 0 aromatic carbocycles. The van der Waals surface area contributed by atoms with Crippen LogP contribution in [0.2, 0.25) is 0 Å². The summed E-state index contributed by atoms with van der Waals surface area (Å²) >= 11 is 0. The zero-order valence-electron chi connectivity index (χ0n) is 38.5. The van der Waals surface area contributed by atoms with Crippen molar-refractivity contribution in [3.05, 3.63) is 36.5 Å². The molecular formula is C50H92NO7+. The fourth-order valence-corrected chi connectivity index (χ4v) is 7.11. The standard InChI is InChI=1S/C50H91NO7/c1-6-8-10-12-14-16-18-20-22-23-24-25-26-27-29-31-33-35-37-39-41-49(53)58-46(44-56-43-42-47(50(54)55)51(3,4)5)45-57-48(52)40-38-36-34-32-30-28-21-19-17-15-13-11-9-7-2/h8,10,14,16,20,22,46-47H,6-7,9,11-13,15,17-19,21,23-45H2,1-5H3/p+1/b10-8+,16-14+,22-20+. The maximum Gasteiger partial charge on any atom is 0.362 e. The number of aliphatic carboxylic acids is 1. The lowest BCUT2D eigenvalue weighted by Gasteiger charge is -2.31. The molecule has 2 unspecified atom stereocenters. The van der Waals surface area contributed by atoms with E-state index in [4.69, 9.17) is 14.2 Å². The molecule has 0 bridgehead atoms. The van der Waals surface area contributed by atoms with Crippen molar-refractivity contribution in [3.63, 3.8) is 0 Å². The molecule has 0 radical (unpaired) electrons. The maximum atomic E-state index is 12.8. The second-order valence-corrected chi connectivity index (χ2v) is 17.3. The van der Waals surface area contributed by atoms with Crippen LogP contribution in [0.1, 0.15) is 213 Å². The second kappa shape index (κ2) is 41.3. The molecule has 0 fully saturated rings. The van der Waals surface area contributed by atoms with Crippen molar-refractivity contribution >= 4 is 17.9 Å². The highest BCUT2D eigenvalue weighted by Gasteiger charge is 2.31. The SMILES string of the molecule is CC/C=C/C/C=C/C/C=C/CCCCCCCCCCCCC(=O)OC(COCCC(C(=O)O)[N+](C)(C)C)COC(=O)CCCCCCCCCCCCCCCC. The average Bonchev–Trinajstić information content (AvgIpc) is 3.18. The van der Waals surface area contributed by atoms with Crippen molar-refractivity contribution in [2.75, 3.05) is 41.0 Å². The van der Waals surface area contributed by atoms with E-state index in [0.29, 0.717) is 19.3 Å². The third-order valence-electron chi connectivity index (χ3n) is 10.8. The Labute approximate surface area is 357 Å². The van der Waals surface area contributed by atoms with Gasteiger partial charge in [-0.1, -0.05) is 185 Å². The van der Waals surface area contributed by atoms with Gasteiger partial charge in [0.2, 0.25) is 0 Å². The summed E-state index contributed by atoms with van der Waals surface area (Å²) in [5.41, 5.74) is 0. The van der Waals surface area contributed by atoms with E-state index >= 15 is 0 Å². The van der Waals surface area contributed by atoms with E-state index in [1.807, 2.05) is 21.1 Å². The van der Waals surface area contributed by atoms with Crippen LogP contribution in [0.15, 0.2) is 36.5 Å². The van der Waals surface area contributed by atoms with Crippen LogP contribution in [0.25, 0.3) is 0 Å². The number of carbonyl (C=O) groups excluding carboxylic acids is 2. The van der Waals surface area contributed by atoms with Crippen LogP contribution in [-0.2, 0) is 28.6 Å². The molecule has 8 nitrogen and oxygen atoms in total. The van der Waals surface area contributed by atoms with Gasteiger partial charge in [0.15, 0.2) is 12.1 Å². The fraction of sp³-hybridized carbons (Fsp3) is 0.820. The zero-order chi connectivity index (χ0) is 42.8. The van der Waals surface area contributed by atoms with Gasteiger partial charge >= 0.3 is 17.9 Å². The van der Waals surface area contributed by atoms with Gasteiger partial charge in [-0.2, -0.15) is 0 Å². The number of carboxylic acids is 1. The minimum atomic E-state index is -0.874. The Balaban J connectivity index is 4.26. The molecule has 58 heavy (non-hydrogen) atoms. The number of carboxylic acid groups (broad SMARTS) is 1. The van der Waals surface area contributed by atoms with E-state index in [1.54, 1.807) is 0 Å².